The van der Waals surface area contributed by atoms with Gasteiger partial charge in [-0.05, 0) is 37.5 Å². The summed E-state index contributed by atoms with van der Waals surface area (Å²) in [6.07, 6.45) is 2.00. The van der Waals surface area contributed by atoms with E-state index in [9.17, 15) is 9.59 Å². The molecule has 1 aliphatic heterocycles. The topological polar surface area (TPSA) is 58.2 Å². The molecule has 0 fully saturated rings. The molecule has 2 unspecified atom stereocenters. The average molecular weight is 354 g/mol. The van der Waals surface area contributed by atoms with Crippen LogP contribution < -0.4 is 10.6 Å². The normalized spacial score (nSPS) is 17.3. The van der Waals surface area contributed by atoms with Crippen LogP contribution in [0.5, 0.6) is 0 Å². The monoisotopic (exact) mass is 354 g/mol. The number of rotatable bonds is 6. The van der Waals surface area contributed by atoms with E-state index >= 15 is 0 Å². The number of para-hydroxylation sites is 1. The number of hydrogen-bond acceptors (Lipinski definition) is 3. The summed E-state index contributed by atoms with van der Waals surface area (Å²) in [5.41, 5.74) is 2.09. The van der Waals surface area contributed by atoms with Crippen LogP contribution in [0.15, 0.2) is 59.5 Å². The lowest BCUT2D eigenvalue weighted by Crippen LogP contribution is -2.38. The maximum absolute atomic E-state index is 12.3. The van der Waals surface area contributed by atoms with Crippen LogP contribution in [0, 0.1) is 0 Å². The molecule has 0 radical (unpaired) electrons. The van der Waals surface area contributed by atoms with Gasteiger partial charge in [0.05, 0.1) is 10.9 Å². The summed E-state index contributed by atoms with van der Waals surface area (Å²) in [6, 6.07) is 18.0. The smallest absolute Gasteiger partial charge is 0.238 e. The third-order valence-corrected chi connectivity index (χ3v) is 5.47. The van der Waals surface area contributed by atoms with Gasteiger partial charge >= 0.3 is 0 Å². The Morgan fingerprint density at radius 1 is 1.16 bits per heavy atom. The summed E-state index contributed by atoms with van der Waals surface area (Å²) >= 11 is 1.46. The van der Waals surface area contributed by atoms with Gasteiger partial charge in [0.25, 0.3) is 0 Å². The van der Waals surface area contributed by atoms with Crippen LogP contribution in [0.3, 0.4) is 0 Å². The molecule has 5 heteroatoms. The van der Waals surface area contributed by atoms with Crippen LogP contribution >= 0.6 is 11.8 Å². The minimum absolute atomic E-state index is 0.0763. The van der Waals surface area contributed by atoms with Crippen LogP contribution in [0.4, 0.5) is 5.69 Å². The molecule has 130 valence electrons. The van der Waals surface area contributed by atoms with E-state index in [1.807, 2.05) is 49.4 Å². The first-order valence-electron chi connectivity index (χ1n) is 8.51. The van der Waals surface area contributed by atoms with Crippen molar-refractivity contribution in [3.63, 3.8) is 0 Å². The van der Waals surface area contributed by atoms with E-state index in [1.54, 1.807) is 0 Å². The number of amides is 2. The van der Waals surface area contributed by atoms with Gasteiger partial charge in [0.2, 0.25) is 11.8 Å². The standard InChI is InChI=1S/C20H22N2O2S/c1-14(11-12-15-7-3-2-4-8-15)21-19(23)13-18-20(24)22-16-9-5-6-10-17(16)25-18/h2-10,14,18H,11-13H2,1H3,(H,21,23)(H,22,24). The second-order valence-electron chi connectivity index (χ2n) is 6.29. The Labute approximate surface area is 152 Å². The molecule has 3 rings (SSSR count). The predicted molar refractivity (Wildman–Crippen MR) is 102 cm³/mol. The van der Waals surface area contributed by atoms with Gasteiger partial charge in [0, 0.05) is 17.4 Å². The second kappa shape index (κ2) is 8.21. The van der Waals surface area contributed by atoms with E-state index in [1.165, 1.54) is 17.3 Å². The lowest BCUT2D eigenvalue weighted by Gasteiger charge is -2.24. The molecule has 2 aromatic rings. The van der Waals surface area contributed by atoms with Gasteiger partial charge in [-0.15, -0.1) is 11.8 Å². The number of anilines is 1. The molecule has 2 atom stereocenters. The number of aryl methyl sites for hydroxylation is 1. The van der Waals surface area contributed by atoms with Crippen LogP contribution in [0.1, 0.15) is 25.3 Å². The molecule has 1 heterocycles. The highest BCUT2D eigenvalue weighted by Gasteiger charge is 2.28. The maximum Gasteiger partial charge on any atom is 0.238 e. The molecule has 2 amide bonds. The van der Waals surface area contributed by atoms with Crippen LogP contribution in [-0.2, 0) is 16.0 Å². The van der Waals surface area contributed by atoms with Crippen LogP contribution in [0.2, 0.25) is 0 Å². The quantitative estimate of drug-likeness (QED) is 0.833. The predicted octanol–water partition coefficient (Wildman–Crippen LogP) is 3.63. The zero-order valence-corrected chi connectivity index (χ0v) is 15.0. The van der Waals surface area contributed by atoms with Crippen molar-refractivity contribution in [3.05, 3.63) is 60.2 Å². The SMILES string of the molecule is CC(CCc1ccccc1)NC(=O)CC1Sc2ccccc2NC1=O. The van der Waals surface area contributed by atoms with Gasteiger partial charge in [-0.2, -0.15) is 0 Å². The number of carbonyl (C=O) groups excluding carboxylic acids is 2. The van der Waals surface area contributed by atoms with Gasteiger partial charge in [0.15, 0.2) is 0 Å². The van der Waals surface area contributed by atoms with Gasteiger partial charge in [-0.25, -0.2) is 0 Å². The molecule has 2 aromatic carbocycles. The van der Waals surface area contributed by atoms with Crippen molar-refractivity contribution in [1.82, 2.24) is 5.32 Å². The fourth-order valence-electron chi connectivity index (χ4n) is 2.83. The van der Waals surface area contributed by atoms with E-state index in [2.05, 4.69) is 22.8 Å². The van der Waals surface area contributed by atoms with Gasteiger partial charge in [-0.3, -0.25) is 9.59 Å². The fraction of sp³-hybridized carbons (Fsp3) is 0.300. The number of fused-ring (bicyclic) bond motifs is 1. The molecular formula is C20H22N2O2S. The van der Waals surface area contributed by atoms with Gasteiger partial charge in [0.1, 0.15) is 0 Å². The molecule has 0 spiro atoms. The van der Waals surface area contributed by atoms with Crippen LogP contribution in [0.25, 0.3) is 0 Å². The summed E-state index contributed by atoms with van der Waals surface area (Å²) in [5, 5.41) is 5.51. The second-order valence-corrected chi connectivity index (χ2v) is 7.53. The first kappa shape index (κ1) is 17.5. The Balaban J connectivity index is 1.48. The largest absolute Gasteiger partial charge is 0.354 e. The molecule has 0 saturated heterocycles. The van der Waals surface area contributed by atoms with Gasteiger partial charge < -0.3 is 10.6 Å². The summed E-state index contributed by atoms with van der Waals surface area (Å²) < 4.78 is 0. The average Bonchev–Trinajstić information content (AvgIpc) is 2.61. The first-order chi connectivity index (χ1) is 12.1. The minimum atomic E-state index is -0.378. The zero-order chi connectivity index (χ0) is 17.6. The van der Waals surface area contributed by atoms with E-state index in [0.29, 0.717) is 0 Å². The van der Waals surface area contributed by atoms with Gasteiger partial charge in [-0.1, -0.05) is 42.5 Å². The lowest BCUT2D eigenvalue weighted by atomic mass is 10.1. The number of nitrogens with one attached hydrogen (secondary N) is 2. The van der Waals surface area contributed by atoms with Crippen molar-refractivity contribution in [2.75, 3.05) is 5.32 Å². The number of carbonyl (C=O) groups is 2. The van der Waals surface area contributed by atoms with Crippen LogP contribution in [-0.4, -0.2) is 23.1 Å². The molecule has 0 aliphatic carbocycles. The molecule has 25 heavy (non-hydrogen) atoms. The minimum Gasteiger partial charge on any atom is -0.354 e. The molecule has 4 nitrogen and oxygen atoms in total. The van der Waals surface area contributed by atoms with Crippen molar-refractivity contribution in [2.24, 2.45) is 0 Å². The number of benzene rings is 2. The molecule has 0 saturated carbocycles. The molecule has 0 bridgehead atoms. The third kappa shape index (κ3) is 4.86. The van der Waals surface area contributed by atoms with Crippen molar-refractivity contribution in [1.29, 1.82) is 0 Å². The number of hydrogen-bond donors (Lipinski definition) is 2. The number of thioether (sulfide) groups is 1. The van der Waals surface area contributed by atoms with Crippen molar-refractivity contribution >= 4 is 29.3 Å². The lowest BCUT2D eigenvalue weighted by molar-refractivity contribution is -0.124. The summed E-state index contributed by atoms with van der Waals surface area (Å²) in [6.45, 7) is 2.00. The Bertz CT molecular complexity index is 748. The summed E-state index contributed by atoms with van der Waals surface area (Å²) in [5.74, 6) is -0.177. The molecular weight excluding hydrogens is 332 g/mol. The van der Waals surface area contributed by atoms with Crippen molar-refractivity contribution < 1.29 is 9.59 Å². The molecule has 2 N–H and O–H groups in total. The zero-order valence-electron chi connectivity index (χ0n) is 14.2. The highest BCUT2D eigenvalue weighted by Crippen LogP contribution is 2.36. The highest BCUT2D eigenvalue weighted by molar-refractivity contribution is 8.01. The van der Waals surface area contributed by atoms with E-state index in [4.69, 9.17) is 0 Å². The maximum atomic E-state index is 12.3. The molecule has 1 aliphatic rings. The Kier molecular flexibility index (Phi) is 5.76. The Morgan fingerprint density at radius 3 is 2.68 bits per heavy atom. The Morgan fingerprint density at radius 2 is 1.88 bits per heavy atom. The molecule has 0 aromatic heterocycles. The summed E-state index contributed by atoms with van der Waals surface area (Å²) in [4.78, 5) is 25.5. The third-order valence-electron chi connectivity index (χ3n) is 4.19. The Hall–Kier alpha value is -2.27. The summed E-state index contributed by atoms with van der Waals surface area (Å²) in [7, 11) is 0. The van der Waals surface area contributed by atoms with Crippen molar-refractivity contribution in [2.45, 2.75) is 42.4 Å². The van der Waals surface area contributed by atoms with E-state index in [-0.39, 0.29) is 29.5 Å². The van der Waals surface area contributed by atoms with E-state index < -0.39 is 0 Å². The fourth-order valence-corrected chi connectivity index (χ4v) is 3.94. The highest BCUT2D eigenvalue weighted by atomic mass is 32.2. The van der Waals surface area contributed by atoms with Crippen molar-refractivity contribution in [3.8, 4) is 0 Å². The van der Waals surface area contributed by atoms with E-state index in [0.717, 1.165) is 23.4 Å². The first-order valence-corrected chi connectivity index (χ1v) is 9.39.